The first-order valence-electron chi connectivity index (χ1n) is 9.61. The van der Waals surface area contributed by atoms with Crippen molar-refractivity contribution >= 4 is 17.7 Å². The second kappa shape index (κ2) is 6.52. The van der Waals surface area contributed by atoms with E-state index in [1.54, 1.807) is 0 Å². The van der Waals surface area contributed by atoms with Crippen LogP contribution in [-0.2, 0) is 23.4 Å². The zero-order valence-corrected chi connectivity index (χ0v) is 11.3. The third-order valence-corrected chi connectivity index (χ3v) is 3.98. The molecule has 0 aliphatic carbocycles. The van der Waals surface area contributed by atoms with E-state index >= 15 is 0 Å². The molecule has 1 aromatic carbocycles. The first-order valence-corrected chi connectivity index (χ1v) is 7.96. The van der Waals surface area contributed by atoms with Crippen LogP contribution in [0, 0.1) is 0 Å². The summed E-state index contributed by atoms with van der Waals surface area (Å²) in [6, 6.07) is 3.83. The Hall–Kier alpha value is -0.880. The molecule has 0 aromatic heterocycles. The molecule has 1 rings (SSSR count). The highest BCUT2D eigenvalue weighted by atomic mass is 32.2. The number of sulfone groups is 1. The summed E-state index contributed by atoms with van der Waals surface area (Å²) >= 11 is 0. The summed E-state index contributed by atoms with van der Waals surface area (Å²) in [7, 11) is -9.17. The molecule has 108 valence electrons. The van der Waals surface area contributed by atoms with E-state index < -0.39 is 50.2 Å². The summed E-state index contributed by atoms with van der Waals surface area (Å²) in [6.07, 6.45) is 0.899. The molecule has 19 heavy (non-hydrogen) atoms. The number of hydrogen-bond acceptors (Lipinski definition) is 6. The summed E-state index contributed by atoms with van der Waals surface area (Å²) in [4.78, 5) is -0.183. The molecule has 8 heteroatoms. The van der Waals surface area contributed by atoms with E-state index in [1.807, 2.05) is 0 Å². The Kier molecular flexibility index (Phi) is 2.30. The van der Waals surface area contributed by atoms with Gasteiger partial charge >= 0.3 is 7.82 Å². The normalized spacial score (nSPS) is 23.0. The molecule has 0 aliphatic heterocycles. The van der Waals surface area contributed by atoms with Gasteiger partial charge in [-0.2, -0.15) is 0 Å². The van der Waals surface area contributed by atoms with Crippen LogP contribution in [0.25, 0.3) is 0 Å². The fourth-order valence-electron chi connectivity index (χ4n) is 1.04. The second-order valence-corrected chi connectivity index (χ2v) is 6.63. The lowest BCUT2D eigenvalue weighted by Crippen LogP contribution is -2.02. The predicted octanol–water partition coefficient (Wildman–Crippen LogP) is 2.65. The van der Waals surface area contributed by atoms with Crippen molar-refractivity contribution in [1.82, 2.24) is 0 Å². The molecule has 0 unspecified atom stereocenters. The van der Waals surface area contributed by atoms with Gasteiger partial charge < -0.3 is 4.52 Å². The molecule has 6 nitrogen and oxygen atoms in total. The highest BCUT2D eigenvalue weighted by Crippen LogP contribution is 2.49. The number of hydrogen-bond donors (Lipinski definition) is 0. The van der Waals surface area contributed by atoms with Crippen molar-refractivity contribution in [2.75, 3.05) is 19.4 Å². The molecule has 0 spiro atoms. The Labute approximate surface area is 127 Å². The lowest BCUT2D eigenvalue weighted by molar-refractivity contribution is 0.167. The van der Waals surface area contributed by atoms with Crippen LogP contribution in [0.4, 0.5) is 0 Å². The molecule has 0 amide bonds. The molecule has 0 fully saturated rings. The Balaban J connectivity index is 3.35. The fourth-order valence-corrected chi connectivity index (χ4v) is 2.39. The topological polar surface area (TPSA) is 78.9 Å². The van der Waals surface area contributed by atoms with E-state index in [0.717, 1.165) is 30.5 Å². The average molecular weight is 318 g/mol. The third-order valence-electron chi connectivity index (χ3n) is 1.78. The van der Waals surface area contributed by atoms with Crippen LogP contribution in [-0.4, -0.2) is 27.8 Å². The minimum absolute atomic E-state index is 0.183. The van der Waals surface area contributed by atoms with E-state index in [1.165, 1.54) is 0 Å². The zero-order valence-electron chi connectivity index (χ0n) is 19.6. The zero-order chi connectivity index (χ0) is 23.1. The molecule has 0 aliphatic rings. The highest BCUT2D eigenvalue weighted by molar-refractivity contribution is 7.90. The summed E-state index contributed by atoms with van der Waals surface area (Å²) in [5.74, 6) is -0.497. The van der Waals surface area contributed by atoms with Gasteiger partial charge in [-0.3, -0.25) is 9.05 Å². The molecule has 0 heterocycles. The van der Waals surface area contributed by atoms with E-state index in [0.29, 0.717) is 0 Å². The van der Waals surface area contributed by atoms with Crippen molar-refractivity contribution in [3.63, 3.8) is 0 Å². The summed E-state index contributed by atoms with van der Waals surface area (Å²) in [5, 5.41) is 0. The molecular formula is C11H17O6PS. The SMILES string of the molecule is [2H]C([2H])([2H])C([2H])([2H])OP(=O)(Oc1ccc(S(C)(=O)=O)cc1)OC([2H])([2H])C([2H])([2H])[2H]. The summed E-state index contributed by atoms with van der Waals surface area (Å²) < 4.78 is 121. The van der Waals surface area contributed by atoms with Crippen LogP contribution in [0.2, 0.25) is 0 Å². The lowest BCUT2D eigenvalue weighted by atomic mass is 10.3. The van der Waals surface area contributed by atoms with Crippen LogP contribution in [0.1, 0.15) is 27.4 Å². The number of rotatable bonds is 7. The van der Waals surface area contributed by atoms with Crippen molar-refractivity contribution in [3.05, 3.63) is 24.3 Å². The van der Waals surface area contributed by atoms with Crippen molar-refractivity contribution < 1.29 is 40.3 Å². The van der Waals surface area contributed by atoms with Gasteiger partial charge in [0, 0.05) is 14.5 Å². The molecular weight excluding hydrogens is 291 g/mol. The molecule has 0 radical (unpaired) electrons. The lowest BCUT2D eigenvalue weighted by Gasteiger charge is -2.17. The predicted molar refractivity (Wildman–Crippen MR) is 71.0 cm³/mol. The Bertz CT molecular complexity index is 845. The molecule has 0 N–H and O–H groups in total. The van der Waals surface area contributed by atoms with Crippen LogP contribution in [0.5, 0.6) is 5.75 Å². The van der Waals surface area contributed by atoms with Gasteiger partial charge in [0.05, 0.1) is 23.5 Å². The smallest absolute Gasteiger partial charge is 0.404 e. The minimum Gasteiger partial charge on any atom is -0.404 e. The quantitative estimate of drug-likeness (QED) is 0.719. The van der Waals surface area contributed by atoms with Gasteiger partial charge in [-0.25, -0.2) is 13.0 Å². The Morgan fingerprint density at radius 2 is 1.74 bits per heavy atom. The molecule has 0 saturated heterocycles. The van der Waals surface area contributed by atoms with Gasteiger partial charge in [0.1, 0.15) is 5.75 Å². The maximum Gasteiger partial charge on any atom is 0.530 e. The van der Waals surface area contributed by atoms with Crippen molar-refractivity contribution in [3.8, 4) is 5.75 Å². The molecule has 0 saturated carbocycles. The Morgan fingerprint density at radius 1 is 1.21 bits per heavy atom. The third kappa shape index (κ3) is 4.95. The van der Waals surface area contributed by atoms with Crippen molar-refractivity contribution in [1.29, 1.82) is 0 Å². The second-order valence-electron chi connectivity index (χ2n) is 3.17. The maximum absolute atomic E-state index is 12.8. The standard InChI is InChI=1S/C11H17O6PS/c1-4-15-18(12,16-5-2)17-10-6-8-11(9-7-10)19(3,13)14/h6-9H,4-5H2,1-3H3/i1D3,2D3,4D2,5D2. The van der Waals surface area contributed by atoms with E-state index in [9.17, 15) is 13.0 Å². The van der Waals surface area contributed by atoms with Gasteiger partial charge in [0.25, 0.3) is 0 Å². The van der Waals surface area contributed by atoms with Crippen LogP contribution in [0.15, 0.2) is 29.2 Å². The monoisotopic (exact) mass is 318 g/mol. The summed E-state index contributed by atoms with van der Waals surface area (Å²) in [5.41, 5.74) is 0. The van der Waals surface area contributed by atoms with Crippen LogP contribution < -0.4 is 4.52 Å². The molecule has 1 aromatic rings. The maximum atomic E-state index is 12.8. The van der Waals surface area contributed by atoms with Crippen molar-refractivity contribution in [2.24, 2.45) is 0 Å². The summed E-state index contributed by atoms with van der Waals surface area (Å²) in [6.45, 7) is -14.4. The molecule has 0 atom stereocenters. The first-order chi connectivity index (χ1) is 12.6. The first kappa shape index (κ1) is 6.72. The van der Waals surface area contributed by atoms with Gasteiger partial charge in [-0.05, 0) is 38.0 Å². The van der Waals surface area contributed by atoms with Gasteiger partial charge in [-0.1, -0.05) is 0 Å². The van der Waals surface area contributed by atoms with E-state index in [2.05, 4.69) is 9.05 Å². The highest BCUT2D eigenvalue weighted by Gasteiger charge is 2.27. The van der Waals surface area contributed by atoms with Gasteiger partial charge in [0.15, 0.2) is 9.84 Å². The fraction of sp³-hybridized carbons (Fsp3) is 0.455. The van der Waals surface area contributed by atoms with E-state index in [4.69, 9.17) is 18.2 Å². The van der Waals surface area contributed by atoms with Gasteiger partial charge in [-0.15, -0.1) is 0 Å². The Morgan fingerprint density at radius 3 is 2.16 bits per heavy atom. The number of phosphoric acid groups is 1. The largest absolute Gasteiger partial charge is 0.530 e. The van der Waals surface area contributed by atoms with Crippen molar-refractivity contribution in [2.45, 2.75) is 18.6 Å². The van der Waals surface area contributed by atoms with Crippen LogP contribution >= 0.6 is 7.82 Å². The van der Waals surface area contributed by atoms with Gasteiger partial charge in [0.2, 0.25) is 0 Å². The number of phosphoric ester groups is 1. The van der Waals surface area contributed by atoms with Crippen LogP contribution in [0.3, 0.4) is 0 Å². The molecule has 0 bridgehead atoms. The average Bonchev–Trinajstić information content (AvgIpc) is 2.42. The number of benzene rings is 1. The van der Waals surface area contributed by atoms with E-state index in [-0.39, 0.29) is 4.90 Å². The minimum atomic E-state index is -5.55.